The molecule has 0 aliphatic heterocycles. The zero-order chi connectivity index (χ0) is 11.4. The first kappa shape index (κ1) is 14.8. The molecule has 0 saturated heterocycles. The summed E-state index contributed by atoms with van der Waals surface area (Å²) in [6, 6.07) is 4.82. The molecule has 0 radical (unpaired) electrons. The van der Waals surface area contributed by atoms with Crippen molar-refractivity contribution in [3.05, 3.63) is 22.4 Å². The molecule has 2 atom stereocenters. The van der Waals surface area contributed by atoms with Gasteiger partial charge < -0.3 is 10.6 Å². The predicted molar refractivity (Wildman–Crippen MR) is 85.3 cm³/mol. The van der Waals surface area contributed by atoms with Crippen LogP contribution in [0.1, 0.15) is 25.1 Å². The molecule has 1 aliphatic carbocycles. The van der Waals surface area contributed by atoms with Crippen LogP contribution in [0.2, 0.25) is 0 Å². The SMILES string of the molecule is CCNC(=NCc1cccs1)NC1CC1C.I. The van der Waals surface area contributed by atoms with Gasteiger partial charge >= 0.3 is 0 Å². The zero-order valence-electron chi connectivity index (χ0n) is 10.3. The van der Waals surface area contributed by atoms with Crippen molar-refractivity contribution >= 4 is 41.3 Å². The largest absolute Gasteiger partial charge is 0.357 e. The lowest BCUT2D eigenvalue weighted by atomic mass is 10.4. The number of nitrogens with zero attached hydrogens (tertiary/aromatic N) is 1. The fraction of sp³-hybridized carbons (Fsp3) is 0.583. The Labute approximate surface area is 124 Å². The number of thiophene rings is 1. The van der Waals surface area contributed by atoms with Crippen molar-refractivity contribution in [2.24, 2.45) is 10.9 Å². The summed E-state index contributed by atoms with van der Waals surface area (Å²) in [5, 5.41) is 8.82. The number of guanidine groups is 1. The summed E-state index contributed by atoms with van der Waals surface area (Å²) in [5.41, 5.74) is 0. The standard InChI is InChI=1S/C12H19N3S.HI/c1-3-13-12(15-11-7-9(11)2)14-8-10-5-4-6-16-10;/h4-6,9,11H,3,7-8H2,1-2H3,(H2,13,14,15);1H. The average molecular weight is 365 g/mol. The fourth-order valence-electron chi connectivity index (χ4n) is 1.58. The van der Waals surface area contributed by atoms with Crippen LogP contribution < -0.4 is 10.6 Å². The topological polar surface area (TPSA) is 36.4 Å². The first-order chi connectivity index (χ1) is 7.79. The van der Waals surface area contributed by atoms with Gasteiger partial charge in [0.2, 0.25) is 0 Å². The van der Waals surface area contributed by atoms with Crippen molar-refractivity contribution in [2.45, 2.75) is 32.9 Å². The molecule has 1 aromatic heterocycles. The van der Waals surface area contributed by atoms with Gasteiger partial charge in [-0.25, -0.2) is 4.99 Å². The second kappa shape index (κ2) is 7.20. The molecule has 1 fully saturated rings. The molecule has 1 heterocycles. The minimum atomic E-state index is 0. The van der Waals surface area contributed by atoms with Crippen LogP contribution in [-0.4, -0.2) is 18.5 Å². The Kier molecular flexibility index (Phi) is 6.26. The number of hydrogen-bond donors (Lipinski definition) is 2. The molecule has 1 aromatic rings. The van der Waals surface area contributed by atoms with E-state index < -0.39 is 0 Å². The third-order valence-electron chi connectivity index (χ3n) is 2.75. The first-order valence-electron chi connectivity index (χ1n) is 5.87. The van der Waals surface area contributed by atoms with Crippen LogP contribution in [0.3, 0.4) is 0 Å². The number of hydrogen-bond acceptors (Lipinski definition) is 2. The molecule has 2 N–H and O–H groups in total. The van der Waals surface area contributed by atoms with Crippen LogP contribution in [0.5, 0.6) is 0 Å². The summed E-state index contributed by atoms with van der Waals surface area (Å²) in [7, 11) is 0. The van der Waals surface area contributed by atoms with Gasteiger partial charge in [-0.15, -0.1) is 35.3 Å². The maximum Gasteiger partial charge on any atom is 0.191 e. The Hall–Kier alpha value is -0.300. The number of aliphatic imine (C=N–C) groups is 1. The second-order valence-corrected chi connectivity index (χ2v) is 5.27. The molecule has 0 aromatic carbocycles. The summed E-state index contributed by atoms with van der Waals surface area (Å²) in [5.74, 6) is 1.75. The van der Waals surface area contributed by atoms with E-state index in [0.29, 0.717) is 6.04 Å². The van der Waals surface area contributed by atoms with Gasteiger partial charge in [-0.3, -0.25) is 0 Å². The van der Waals surface area contributed by atoms with E-state index >= 15 is 0 Å². The van der Waals surface area contributed by atoms with Gasteiger partial charge in [0.05, 0.1) is 6.54 Å². The fourth-order valence-corrected chi connectivity index (χ4v) is 2.21. The van der Waals surface area contributed by atoms with E-state index in [1.165, 1.54) is 11.3 Å². The van der Waals surface area contributed by atoms with Gasteiger partial charge in [0.25, 0.3) is 0 Å². The van der Waals surface area contributed by atoms with Gasteiger partial charge in [0, 0.05) is 17.5 Å². The van der Waals surface area contributed by atoms with E-state index in [1.807, 2.05) is 0 Å². The lowest BCUT2D eigenvalue weighted by Gasteiger charge is -2.10. The molecule has 1 aliphatic rings. The van der Waals surface area contributed by atoms with Crippen LogP contribution in [0, 0.1) is 5.92 Å². The third-order valence-corrected chi connectivity index (χ3v) is 3.61. The van der Waals surface area contributed by atoms with Crippen LogP contribution in [-0.2, 0) is 6.54 Å². The summed E-state index contributed by atoms with van der Waals surface area (Å²) < 4.78 is 0. The Bertz CT molecular complexity index is 351. The number of nitrogens with one attached hydrogen (secondary N) is 2. The Morgan fingerprint density at radius 1 is 1.59 bits per heavy atom. The summed E-state index contributed by atoms with van der Waals surface area (Å²) in [6.07, 6.45) is 1.27. The Morgan fingerprint density at radius 3 is 2.88 bits per heavy atom. The Morgan fingerprint density at radius 2 is 2.35 bits per heavy atom. The van der Waals surface area contributed by atoms with Crippen LogP contribution >= 0.6 is 35.3 Å². The minimum Gasteiger partial charge on any atom is -0.357 e. The maximum atomic E-state index is 4.58. The van der Waals surface area contributed by atoms with E-state index in [2.05, 4.69) is 47.0 Å². The van der Waals surface area contributed by atoms with Crippen molar-refractivity contribution in [3.8, 4) is 0 Å². The van der Waals surface area contributed by atoms with Crippen LogP contribution in [0.4, 0.5) is 0 Å². The quantitative estimate of drug-likeness (QED) is 0.489. The Balaban J connectivity index is 0.00000144. The van der Waals surface area contributed by atoms with Gasteiger partial charge in [0.1, 0.15) is 0 Å². The van der Waals surface area contributed by atoms with Gasteiger partial charge in [-0.1, -0.05) is 13.0 Å². The molecule has 2 rings (SSSR count). The highest BCUT2D eigenvalue weighted by Crippen LogP contribution is 2.28. The molecule has 1 saturated carbocycles. The second-order valence-electron chi connectivity index (χ2n) is 4.24. The van der Waals surface area contributed by atoms with E-state index in [-0.39, 0.29) is 24.0 Å². The monoisotopic (exact) mass is 365 g/mol. The van der Waals surface area contributed by atoms with Crippen molar-refractivity contribution in [1.82, 2.24) is 10.6 Å². The highest BCUT2D eigenvalue weighted by atomic mass is 127. The van der Waals surface area contributed by atoms with Gasteiger partial charge in [0.15, 0.2) is 5.96 Å². The van der Waals surface area contributed by atoms with Crippen LogP contribution in [0.25, 0.3) is 0 Å². The zero-order valence-corrected chi connectivity index (χ0v) is 13.4. The van der Waals surface area contributed by atoms with Crippen molar-refractivity contribution in [2.75, 3.05) is 6.54 Å². The molecular formula is C12H20IN3S. The van der Waals surface area contributed by atoms with Gasteiger partial charge in [-0.05, 0) is 30.7 Å². The molecule has 5 heteroatoms. The number of halogens is 1. The minimum absolute atomic E-state index is 0. The molecule has 0 spiro atoms. The lowest BCUT2D eigenvalue weighted by Crippen LogP contribution is -2.39. The van der Waals surface area contributed by atoms with E-state index in [4.69, 9.17) is 0 Å². The molecule has 3 nitrogen and oxygen atoms in total. The van der Waals surface area contributed by atoms with Crippen molar-refractivity contribution in [1.29, 1.82) is 0 Å². The van der Waals surface area contributed by atoms with Crippen LogP contribution in [0.15, 0.2) is 22.5 Å². The summed E-state index contributed by atoms with van der Waals surface area (Å²) in [6.45, 7) is 6.05. The average Bonchev–Trinajstić information content (AvgIpc) is 2.80. The molecule has 96 valence electrons. The summed E-state index contributed by atoms with van der Waals surface area (Å²) >= 11 is 1.76. The molecule has 17 heavy (non-hydrogen) atoms. The smallest absolute Gasteiger partial charge is 0.191 e. The van der Waals surface area contributed by atoms with Gasteiger partial charge in [-0.2, -0.15) is 0 Å². The first-order valence-corrected chi connectivity index (χ1v) is 6.74. The summed E-state index contributed by atoms with van der Waals surface area (Å²) in [4.78, 5) is 5.88. The molecular weight excluding hydrogens is 345 g/mol. The normalized spacial score (nSPS) is 22.8. The maximum absolute atomic E-state index is 4.58. The van der Waals surface area contributed by atoms with E-state index in [9.17, 15) is 0 Å². The number of rotatable bonds is 4. The lowest BCUT2D eigenvalue weighted by molar-refractivity contribution is 0.767. The highest BCUT2D eigenvalue weighted by molar-refractivity contribution is 14.0. The predicted octanol–water partition coefficient (Wildman–Crippen LogP) is 2.83. The van der Waals surface area contributed by atoms with Crippen molar-refractivity contribution < 1.29 is 0 Å². The van der Waals surface area contributed by atoms with Crippen molar-refractivity contribution in [3.63, 3.8) is 0 Å². The van der Waals surface area contributed by atoms with E-state index in [0.717, 1.165) is 25.0 Å². The molecule has 2 unspecified atom stereocenters. The van der Waals surface area contributed by atoms with E-state index in [1.54, 1.807) is 11.3 Å². The highest BCUT2D eigenvalue weighted by Gasteiger charge is 2.33. The molecule has 0 bridgehead atoms. The molecule has 0 amide bonds. The third kappa shape index (κ3) is 4.83.